The monoisotopic (exact) mass is 1720 g/mol. The van der Waals surface area contributed by atoms with Crippen LogP contribution in [0.1, 0.15) is 294 Å². The van der Waals surface area contributed by atoms with Crippen LogP contribution >= 0.6 is 0 Å². The van der Waals surface area contributed by atoms with Crippen molar-refractivity contribution in [2.24, 2.45) is 93.9 Å². The third kappa shape index (κ3) is 23.8. The number of carbonyl (C=O) groups is 4. The van der Waals surface area contributed by atoms with Crippen molar-refractivity contribution in [3.63, 3.8) is 0 Å². The molecular formula is C96H152N8O16. The van der Waals surface area contributed by atoms with Crippen LogP contribution in [0.3, 0.4) is 0 Å². The molecule has 24 heteroatoms. The predicted molar refractivity (Wildman–Crippen MR) is 471 cm³/mol. The molecule has 4 aromatic carbocycles. The van der Waals surface area contributed by atoms with Gasteiger partial charge in [-0.2, -0.15) is 0 Å². The first-order chi connectivity index (χ1) is 74.3. The van der Waals surface area contributed by atoms with Crippen LogP contribution < -0.4 is 60.8 Å². The van der Waals surface area contributed by atoms with Crippen molar-refractivity contribution >= 4 is 23.9 Å². The van der Waals surface area contributed by atoms with Crippen LogP contribution in [0.5, 0.6) is 46.0 Å². The number of methoxy groups -OCH3 is 8. The Morgan fingerprint density at radius 2 is 0.517 bits per heavy atom. The van der Waals surface area contributed by atoms with Gasteiger partial charge in [0.05, 0.1) is 70.4 Å². The molecule has 120 heavy (non-hydrogen) atoms. The molecule has 12 rings (SSSR count). The van der Waals surface area contributed by atoms with Gasteiger partial charge in [-0.25, -0.2) is 0 Å². The molecule has 4 aromatic rings. The summed E-state index contributed by atoms with van der Waals surface area (Å²) in [5.41, 5.74) is 19.3. The molecular weight excluding hydrogens is 1520 g/mol. The number of benzene rings is 4. The first-order valence-electron chi connectivity index (χ1n) is 62.8. The molecule has 4 fully saturated rings. The van der Waals surface area contributed by atoms with E-state index in [0.717, 1.165) is 62.8 Å². The van der Waals surface area contributed by atoms with Crippen molar-refractivity contribution in [2.75, 3.05) is 109 Å². The van der Waals surface area contributed by atoms with Gasteiger partial charge in [0.15, 0.2) is 46.0 Å². The fourth-order valence-corrected chi connectivity index (χ4v) is 12.9. The molecule has 0 aliphatic carbocycles. The van der Waals surface area contributed by atoms with Gasteiger partial charge in [-0.05, 0) is 192 Å². The van der Waals surface area contributed by atoms with Crippen molar-refractivity contribution in [1.29, 1.82) is 0 Å². The van der Waals surface area contributed by atoms with Crippen molar-refractivity contribution in [2.45, 2.75) is 260 Å². The average Bonchev–Trinajstić information content (AvgIpc) is 0.657. The minimum absolute atomic E-state index is 0.0158. The Kier molecular flexibility index (Phi) is 18.6. The summed E-state index contributed by atoms with van der Waals surface area (Å²) in [4.78, 5) is 52.8. The molecule has 0 radical (unpaired) electrons. The number of nitrogens with zero attached hydrogens (tertiary/aromatic N) is 4. The van der Waals surface area contributed by atoms with E-state index in [1.54, 1.807) is 111 Å². The van der Waals surface area contributed by atoms with Crippen LogP contribution in [0.2, 0.25) is 0 Å². The fraction of sp³-hybridized carbons (Fsp3) is 0.708. The van der Waals surface area contributed by atoms with Gasteiger partial charge in [-0.3, -0.25) is 38.8 Å². The SMILES string of the molecule is [2H]C([2H])([2H])Oc1cc2c(cc1OC)C1([2H])N(C([2H])([2H])C2([2H])[2H])C([2H])([2H])C([2H])(CC(C)C)C(OC(=O)[C@@H](N)C(C)C)C1([2H])[2H].[2H]C([2H])([2H])Oc1cc2c(cc1OC)C1([2H])N(C([2H])([2H])C2([2H])[2H])C([2H])([2H])C([2H])(CC(C)C)C(OC(=O)[C@@H](N)C(C)C)C1([2H])[2H].[2H]C1([2H])c2cc(OC)c(OC)cc2C2([2H])N(C1([2H])[2H])C([2H])([2H])C([2H])(CC(C)C)C(OC(=O)[C@@H](N)C(C)C)C2([2H])[2H].[2H]C1([2H])c2cc(OC)c(OC)cc2C2([2H])N(C1([2H])[2H])C([2H])([2H])C([2H])(CC(C)C)C(OC(=O)[C@@H](N)C(C)C)C2([2H])[2H]. The van der Waals surface area contributed by atoms with E-state index in [4.69, 9.17) is 121 Å². The van der Waals surface area contributed by atoms with Crippen LogP contribution in [0, 0.1) is 70.9 Å². The van der Waals surface area contributed by atoms with Crippen molar-refractivity contribution in [1.82, 2.24) is 19.6 Å². The lowest BCUT2D eigenvalue weighted by Gasteiger charge is -2.47. The lowest BCUT2D eigenvalue weighted by molar-refractivity contribution is -0.161. The zero-order chi connectivity index (χ0) is 129. The number of esters is 4. The second kappa shape index (κ2) is 43.9. The molecule has 672 valence electrons. The number of hydrogen-bond acceptors (Lipinski definition) is 24. The molecule has 0 spiro atoms. The smallest absolute Gasteiger partial charge is 0.323 e. The van der Waals surface area contributed by atoms with Gasteiger partial charge in [-0.1, -0.05) is 111 Å². The van der Waals surface area contributed by atoms with Crippen LogP contribution in [0.15, 0.2) is 48.5 Å². The van der Waals surface area contributed by atoms with Gasteiger partial charge in [-0.15, -0.1) is 0 Å². The highest BCUT2D eigenvalue weighted by Crippen LogP contribution is 2.50. The third-order valence-electron chi connectivity index (χ3n) is 19.8. The van der Waals surface area contributed by atoms with Gasteiger partial charge in [0.25, 0.3) is 0 Å². The summed E-state index contributed by atoms with van der Waals surface area (Å²) in [6.07, 6.45) is -36.4. The lowest BCUT2D eigenvalue weighted by Crippen LogP contribution is -2.51. The van der Waals surface area contributed by atoms with Gasteiger partial charge < -0.3 is 79.8 Å². The number of hydrogen-bond donors (Lipinski definition) is 4. The minimum atomic E-state index is -3.53. The summed E-state index contributed by atoms with van der Waals surface area (Å²) in [7, 11) is 1.16. The number of fused-ring (bicyclic) bond motifs is 12. The van der Waals surface area contributed by atoms with Gasteiger partial charge in [0, 0.05) is 174 Å². The summed E-state index contributed by atoms with van der Waals surface area (Å²) < 4.78 is 473. The first-order valence-corrected chi connectivity index (χ1v) is 39.8. The second-order valence-corrected chi connectivity index (χ2v) is 32.4. The number of aryl methyl sites for hydroxylation is 4. The molecule has 0 bridgehead atoms. The van der Waals surface area contributed by atoms with Crippen molar-refractivity contribution in [3.05, 3.63) is 93.0 Å². The zero-order valence-corrected chi connectivity index (χ0v) is 72.3. The van der Waals surface area contributed by atoms with E-state index in [-0.39, 0.29) is 42.6 Å². The summed E-state index contributed by atoms with van der Waals surface area (Å²) in [6.45, 7) is -1.18. The Labute approximate surface area is 783 Å². The normalized spacial score (nSPS) is 42.4. The molecule has 4 saturated heterocycles. The van der Waals surface area contributed by atoms with Gasteiger partial charge in [0.2, 0.25) is 0 Å². The highest BCUT2D eigenvalue weighted by atomic mass is 16.6. The lowest BCUT2D eigenvalue weighted by atomic mass is 9.79. The van der Waals surface area contributed by atoms with E-state index in [1.165, 1.54) is 28.4 Å². The van der Waals surface area contributed by atoms with Crippen molar-refractivity contribution < 1.29 is 139 Å². The van der Waals surface area contributed by atoms with E-state index in [2.05, 4.69) is 0 Å². The number of nitrogens with two attached hydrogens (primary N) is 4. The van der Waals surface area contributed by atoms with Gasteiger partial charge in [0.1, 0.15) is 48.6 Å². The molecule has 0 saturated carbocycles. The maximum atomic E-state index is 13.1. The third-order valence-corrected chi connectivity index (χ3v) is 19.8. The average molecular weight is 1720 g/mol. The summed E-state index contributed by atoms with van der Waals surface area (Å²) in [5, 5.41) is 0. The Morgan fingerprint density at radius 3 is 0.683 bits per heavy atom. The van der Waals surface area contributed by atoms with E-state index < -0.39 is 378 Å². The topological polar surface area (TPSA) is 296 Å². The predicted octanol–water partition coefficient (Wildman–Crippen LogP) is 14.3. The summed E-state index contributed by atoms with van der Waals surface area (Å²) >= 11 is 0. The molecule has 24 nitrogen and oxygen atoms in total. The Balaban J connectivity index is 0.000000243. The molecule has 12 unspecified atom stereocenters. The first kappa shape index (κ1) is 50.7. The second-order valence-electron chi connectivity index (χ2n) is 32.4. The Bertz CT molecular complexity index is 5940. The van der Waals surface area contributed by atoms with E-state index in [1.807, 2.05) is 0 Å². The zero-order valence-electron chi connectivity index (χ0n) is 118. The number of piperidine rings is 4. The highest BCUT2D eigenvalue weighted by Gasteiger charge is 2.47. The van der Waals surface area contributed by atoms with Crippen molar-refractivity contribution in [3.8, 4) is 46.0 Å². The van der Waals surface area contributed by atoms with E-state index in [0.29, 0.717) is 0 Å². The quantitative estimate of drug-likeness (QED) is 0.0303. The molecule has 8 N–H and O–H groups in total. The largest absolute Gasteiger partial charge is 0.493 e. The van der Waals surface area contributed by atoms with Crippen LogP contribution in [-0.2, 0) is 63.6 Å². The molecule has 8 aliphatic heterocycles. The van der Waals surface area contributed by atoms with E-state index >= 15 is 0 Å². The minimum Gasteiger partial charge on any atom is -0.493 e. The number of rotatable bonds is 28. The van der Waals surface area contributed by atoms with Crippen LogP contribution in [0.4, 0.5) is 0 Å². The van der Waals surface area contributed by atoms with Gasteiger partial charge >= 0.3 is 23.9 Å². The van der Waals surface area contributed by atoms with E-state index in [9.17, 15) is 41.1 Å². The highest BCUT2D eigenvalue weighted by molar-refractivity contribution is 5.77. The summed E-state index contributed by atoms with van der Waals surface area (Å²) in [5.74, 6) is -21.4. The molecule has 0 aromatic heterocycles. The molecule has 16 atom stereocenters. The summed E-state index contributed by atoms with van der Waals surface area (Å²) in [6, 6.07) is -9.92. The molecule has 8 aliphatic rings. The molecule has 8 heterocycles. The van der Waals surface area contributed by atoms with Crippen LogP contribution in [-0.4, -0.2) is 201 Å². The Morgan fingerprint density at radius 1 is 0.333 bits per heavy atom. The maximum absolute atomic E-state index is 13.1. The van der Waals surface area contributed by atoms with Crippen LogP contribution in [0.25, 0.3) is 0 Å². The maximum Gasteiger partial charge on any atom is 0.323 e. The standard InChI is InChI=1S/4C24H38N2O4/c4*1-14(2)9-17-13-26-8-7-16-10-21(28-5)22(29-6)11-18(16)19(26)12-20(17)30-24(27)23(25)15(3)4/h4*10-11,14-15,17,19-20,23H,7-9,12-13,25H2,1-6H3/t4*17?,19?,20?,23-/m0000/s1/i2*5D3,7D2,8D2,12D2,13D2,17D,19D;2*7D2,8D2,12D2,13D2,17D,19D. The number of ether oxygens (including phenoxy) is 12. The Hall–Kier alpha value is -7.16. The number of carbonyl (C=O) groups excluding carboxylic acids is 4. The molecule has 0 amide bonds. The fourth-order valence-electron chi connectivity index (χ4n) is 12.9.